The van der Waals surface area contributed by atoms with Crippen molar-refractivity contribution in [1.82, 2.24) is 34.7 Å². The van der Waals surface area contributed by atoms with Gasteiger partial charge in [0.25, 0.3) is 0 Å². The highest BCUT2D eigenvalue weighted by molar-refractivity contribution is 5.66. The fourth-order valence-corrected chi connectivity index (χ4v) is 3.78. The molecule has 2 N–H and O–H groups in total. The molecule has 36 heavy (non-hydrogen) atoms. The van der Waals surface area contributed by atoms with Gasteiger partial charge >= 0.3 is 0 Å². The molecular weight excluding hydrogens is 454 g/mol. The van der Waals surface area contributed by atoms with Crippen molar-refractivity contribution in [3.63, 3.8) is 0 Å². The number of ether oxygens (including phenoxy) is 1. The lowest BCUT2D eigenvalue weighted by Gasteiger charge is -2.25. The number of hydrogen-bond donors (Lipinski definition) is 2. The Morgan fingerprint density at radius 2 is 1.64 bits per heavy atom. The Hall–Kier alpha value is -4.70. The van der Waals surface area contributed by atoms with E-state index in [9.17, 15) is 0 Å². The third kappa shape index (κ3) is 4.75. The summed E-state index contributed by atoms with van der Waals surface area (Å²) in [7, 11) is 0. The van der Waals surface area contributed by atoms with Crippen LogP contribution in [0.1, 0.15) is 11.7 Å². The summed E-state index contributed by atoms with van der Waals surface area (Å²) in [5.74, 6) is 2.24. The number of anilines is 4. The van der Waals surface area contributed by atoms with Gasteiger partial charge in [-0.15, -0.1) is 0 Å². The molecule has 5 aromatic rings. The summed E-state index contributed by atoms with van der Waals surface area (Å²) >= 11 is 0. The van der Waals surface area contributed by atoms with Crippen molar-refractivity contribution in [1.29, 1.82) is 0 Å². The molecule has 6 rings (SSSR count). The molecule has 178 valence electrons. The first kappa shape index (κ1) is 21.8. The zero-order valence-electron chi connectivity index (χ0n) is 19.5. The minimum Gasteiger partial charge on any atom is -0.377 e. The Labute approximate surface area is 207 Å². The second-order valence-electron chi connectivity index (χ2n) is 8.42. The third-order valence-electron chi connectivity index (χ3n) is 5.76. The lowest BCUT2D eigenvalue weighted by molar-refractivity contribution is -0.0286. The van der Waals surface area contributed by atoms with Crippen LogP contribution in [0.25, 0.3) is 22.6 Å². The van der Waals surface area contributed by atoms with E-state index in [0.717, 1.165) is 41.4 Å². The van der Waals surface area contributed by atoms with Gasteiger partial charge in [-0.1, -0.05) is 18.2 Å². The van der Waals surface area contributed by atoms with Gasteiger partial charge in [-0.2, -0.15) is 10.1 Å². The van der Waals surface area contributed by atoms with Crippen molar-refractivity contribution in [2.75, 3.05) is 23.8 Å². The average molecular weight is 478 g/mol. The number of aryl methyl sites for hydroxylation is 1. The lowest BCUT2D eigenvalue weighted by atomic mass is 10.1. The van der Waals surface area contributed by atoms with Crippen LogP contribution in [0, 0.1) is 6.92 Å². The molecule has 0 spiro atoms. The van der Waals surface area contributed by atoms with Gasteiger partial charge in [0.15, 0.2) is 5.82 Å². The molecule has 1 saturated heterocycles. The predicted molar refractivity (Wildman–Crippen MR) is 136 cm³/mol. The van der Waals surface area contributed by atoms with Crippen LogP contribution >= 0.6 is 0 Å². The van der Waals surface area contributed by atoms with Crippen LogP contribution in [0.15, 0.2) is 79.4 Å². The van der Waals surface area contributed by atoms with Gasteiger partial charge < -0.3 is 15.4 Å². The van der Waals surface area contributed by atoms with E-state index in [4.69, 9.17) is 4.74 Å². The Morgan fingerprint density at radius 1 is 0.833 bits per heavy atom. The quantitative estimate of drug-likeness (QED) is 0.348. The zero-order valence-corrected chi connectivity index (χ0v) is 19.5. The molecule has 1 aliphatic heterocycles. The monoisotopic (exact) mass is 477 g/mol. The maximum atomic E-state index is 5.25. The van der Waals surface area contributed by atoms with E-state index >= 15 is 0 Å². The van der Waals surface area contributed by atoms with E-state index in [1.54, 1.807) is 24.5 Å². The molecule has 0 unspecified atom stereocenters. The normalized spacial score (nSPS) is 13.2. The Balaban J connectivity index is 1.14. The molecular formula is C26H23N9O. The van der Waals surface area contributed by atoms with Crippen molar-refractivity contribution in [3.05, 3.63) is 85.1 Å². The van der Waals surface area contributed by atoms with Crippen molar-refractivity contribution in [2.45, 2.75) is 13.0 Å². The van der Waals surface area contributed by atoms with E-state index in [1.165, 1.54) is 0 Å². The minimum atomic E-state index is 0.339. The van der Waals surface area contributed by atoms with Crippen LogP contribution in [-0.2, 0) is 4.74 Å². The summed E-state index contributed by atoms with van der Waals surface area (Å²) in [6, 6.07) is 17.8. The SMILES string of the molecule is Cc1cccc(-c2nccc(Nc3ccnc(Nc4ccc(-c5cnn(C6COC6)c5)cc4)n3)n2)n1. The molecule has 1 fully saturated rings. The molecule has 0 atom stereocenters. The smallest absolute Gasteiger partial charge is 0.229 e. The summed E-state index contributed by atoms with van der Waals surface area (Å²) in [4.78, 5) is 22.3. The molecule has 0 aliphatic carbocycles. The van der Waals surface area contributed by atoms with Crippen LogP contribution in [0.2, 0.25) is 0 Å². The van der Waals surface area contributed by atoms with Crippen molar-refractivity contribution >= 4 is 23.3 Å². The number of hydrogen-bond acceptors (Lipinski definition) is 9. The maximum Gasteiger partial charge on any atom is 0.229 e. The number of benzene rings is 1. The van der Waals surface area contributed by atoms with Crippen molar-refractivity contribution < 1.29 is 4.74 Å². The van der Waals surface area contributed by atoms with Gasteiger partial charge in [0.1, 0.15) is 17.3 Å². The highest BCUT2D eigenvalue weighted by atomic mass is 16.5. The van der Waals surface area contributed by atoms with Crippen LogP contribution in [-0.4, -0.2) is 47.9 Å². The first-order valence-electron chi connectivity index (χ1n) is 11.6. The van der Waals surface area contributed by atoms with Crippen LogP contribution < -0.4 is 10.6 Å². The van der Waals surface area contributed by atoms with E-state index in [-0.39, 0.29) is 0 Å². The summed E-state index contributed by atoms with van der Waals surface area (Å²) in [6.07, 6.45) is 7.32. The molecule has 10 heteroatoms. The van der Waals surface area contributed by atoms with Gasteiger partial charge in [0.2, 0.25) is 5.95 Å². The van der Waals surface area contributed by atoms with Crippen molar-refractivity contribution in [3.8, 4) is 22.6 Å². The first-order chi connectivity index (χ1) is 17.7. The summed E-state index contributed by atoms with van der Waals surface area (Å²) < 4.78 is 7.22. The molecule has 1 aliphatic rings. The molecule has 0 amide bonds. The number of aromatic nitrogens is 7. The summed E-state index contributed by atoms with van der Waals surface area (Å²) in [5.41, 5.74) is 4.67. The Morgan fingerprint density at radius 3 is 2.42 bits per heavy atom. The fraction of sp³-hybridized carbons (Fsp3) is 0.154. The van der Waals surface area contributed by atoms with E-state index in [2.05, 4.69) is 46.8 Å². The largest absolute Gasteiger partial charge is 0.377 e. The molecule has 10 nitrogen and oxygen atoms in total. The molecule has 0 radical (unpaired) electrons. The van der Waals surface area contributed by atoms with Crippen molar-refractivity contribution in [2.24, 2.45) is 0 Å². The number of rotatable bonds is 7. The number of nitrogens with one attached hydrogen (secondary N) is 2. The van der Waals surface area contributed by atoms with Crippen LogP contribution in [0.5, 0.6) is 0 Å². The van der Waals surface area contributed by atoms with Gasteiger partial charge in [-0.25, -0.2) is 19.9 Å². The molecule has 0 bridgehead atoms. The van der Waals surface area contributed by atoms with E-state index < -0.39 is 0 Å². The van der Waals surface area contributed by atoms with Gasteiger partial charge in [0, 0.05) is 35.5 Å². The standard InChI is InChI=1S/C26H23N9O/c1-17-3-2-4-22(30-17)25-27-11-9-23(33-25)32-24-10-12-28-26(34-24)31-20-7-5-18(6-8-20)19-13-29-35(14-19)21-15-36-16-21/h2-14,21H,15-16H2,1H3,(H2,27,28,31,32,33,34). The highest BCUT2D eigenvalue weighted by Gasteiger charge is 2.21. The first-order valence-corrected chi connectivity index (χ1v) is 11.6. The molecule has 0 saturated carbocycles. The second kappa shape index (κ2) is 9.51. The average Bonchev–Trinajstić information content (AvgIpc) is 3.33. The fourth-order valence-electron chi connectivity index (χ4n) is 3.78. The lowest BCUT2D eigenvalue weighted by Crippen LogP contribution is -2.30. The van der Waals surface area contributed by atoms with Crippen LogP contribution in [0.3, 0.4) is 0 Å². The van der Waals surface area contributed by atoms with Gasteiger partial charge in [0.05, 0.1) is 25.5 Å². The Bertz CT molecular complexity index is 1500. The maximum absolute atomic E-state index is 5.25. The predicted octanol–water partition coefficient (Wildman–Crippen LogP) is 4.56. The number of pyridine rings is 1. The van der Waals surface area contributed by atoms with Gasteiger partial charge in [-0.3, -0.25) is 4.68 Å². The molecule has 1 aromatic carbocycles. The summed E-state index contributed by atoms with van der Waals surface area (Å²) in [5, 5.41) is 10.9. The van der Waals surface area contributed by atoms with Crippen LogP contribution in [0.4, 0.5) is 23.3 Å². The Kier molecular flexibility index (Phi) is 5.76. The van der Waals surface area contributed by atoms with Gasteiger partial charge in [-0.05, 0) is 48.9 Å². The highest BCUT2D eigenvalue weighted by Crippen LogP contribution is 2.25. The topological polar surface area (TPSA) is 116 Å². The zero-order chi connectivity index (χ0) is 24.3. The summed E-state index contributed by atoms with van der Waals surface area (Å²) in [6.45, 7) is 3.38. The van der Waals surface area contributed by atoms with E-state index in [0.29, 0.717) is 29.5 Å². The molecule has 4 aromatic heterocycles. The molecule has 5 heterocycles. The second-order valence-corrected chi connectivity index (χ2v) is 8.42. The third-order valence-corrected chi connectivity index (χ3v) is 5.76. The number of nitrogens with zero attached hydrogens (tertiary/aromatic N) is 7. The minimum absolute atomic E-state index is 0.339. The van der Waals surface area contributed by atoms with E-state index in [1.807, 2.05) is 60.3 Å².